The second-order valence-corrected chi connectivity index (χ2v) is 4.21. The Morgan fingerprint density at radius 2 is 2.05 bits per heavy atom. The molecule has 0 aromatic carbocycles. The van der Waals surface area contributed by atoms with E-state index < -0.39 is 11.7 Å². The fourth-order valence-electron chi connectivity index (χ4n) is 1.83. The van der Waals surface area contributed by atoms with Crippen LogP contribution in [0.4, 0.5) is 19.0 Å². The van der Waals surface area contributed by atoms with Crippen LogP contribution in [0.5, 0.6) is 5.75 Å². The largest absolute Gasteiger partial charge is 0.494 e. The maximum absolute atomic E-state index is 13.0. The van der Waals surface area contributed by atoms with Crippen LogP contribution in [-0.2, 0) is 6.18 Å². The molecule has 7 heteroatoms. The third-order valence-electron chi connectivity index (χ3n) is 2.74. The van der Waals surface area contributed by atoms with Gasteiger partial charge in [0.2, 0.25) is 0 Å². The lowest BCUT2D eigenvalue weighted by atomic mass is 10.1. The average molecular weight is 297 g/mol. The first-order valence-corrected chi connectivity index (χ1v) is 6.28. The number of hydrogen-bond acceptors (Lipinski definition) is 4. The second-order valence-electron chi connectivity index (χ2n) is 4.21. The molecule has 0 aliphatic heterocycles. The first kappa shape index (κ1) is 15.1. The van der Waals surface area contributed by atoms with Gasteiger partial charge in [-0.15, -0.1) is 0 Å². The zero-order valence-electron chi connectivity index (χ0n) is 11.5. The normalized spacial score (nSPS) is 11.3. The molecule has 0 saturated carbocycles. The molecule has 0 aliphatic rings. The van der Waals surface area contributed by atoms with Crippen molar-refractivity contribution in [3.63, 3.8) is 0 Å². The maximum atomic E-state index is 13.0. The molecule has 0 bridgehead atoms. The highest BCUT2D eigenvalue weighted by atomic mass is 19.4. The summed E-state index contributed by atoms with van der Waals surface area (Å²) in [5, 5.41) is 2.79. The topological polar surface area (TPSA) is 47.0 Å². The van der Waals surface area contributed by atoms with Gasteiger partial charge in [-0.1, -0.05) is 0 Å². The third-order valence-corrected chi connectivity index (χ3v) is 2.74. The number of hydrogen-bond donors (Lipinski definition) is 1. The summed E-state index contributed by atoms with van der Waals surface area (Å²) in [6.07, 6.45) is -2.98. The van der Waals surface area contributed by atoms with E-state index in [1.807, 2.05) is 0 Å². The van der Waals surface area contributed by atoms with Crippen LogP contribution in [0.15, 0.2) is 30.5 Å². The monoisotopic (exact) mass is 297 g/mol. The Morgan fingerprint density at radius 1 is 1.29 bits per heavy atom. The Balaban J connectivity index is 2.59. The summed E-state index contributed by atoms with van der Waals surface area (Å²) in [6, 6.07) is 5.20. The molecule has 2 heterocycles. The van der Waals surface area contributed by atoms with Crippen molar-refractivity contribution in [1.29, 1.82) is 0 Å². The van der Waals surface area contributed by atoms with E-state index in [-0.39, 0.29) is 17.2 Å². The fourth-order valence-corrected chi connectivity index (χ4v) is 1.83. The van der Waals surface area contributed by atoms with Crippen molar-refractivity contribution in [3.05, 3.63) is 36.0 Å². The van der Waals surface area contributed by atoms with Gasteiger partial charge in [0.1, 0.15) is 17.3 Å². The Kier molecular flexibility index (Phi) is 4.30. The van der Waals surface area contributed by atoms with E-state index in [1.165, 1.54) is 13.3 Å². The molecule has 4 nitrogen and oxygen atoms in total. The van der Waals surface area contributed by atoms with E-state index in [4.69, 9.17) is 4.74 Å². The minimum Gasteiger partial charge on any atom is -0.494 e. The molecule has 0 spiro atoms. The highest BCUT2D eigenvalue weighted by Gasteiger charge is 2.32. The van der Waals surface area contributed by atoms with Gasteiger partial charge in [-0.25, -0.2) is 4.98 Å². The van der Waals surface area contributed by atoms with Crippen LogP contribution in [0, 0.1) is 0 Å². The molecular formula is C14H14F3N3O. The number of methoxy groups -OCH3 is 1. The van der Waals surface area contributed by atoms with E-state index >= 15 is 0 Å². The standard InChI is InChI=1S/C14H14F3N3O/c1-3-18-12-8-9(14(15,16)17)7-10(20-12)13-11(21-2)5-4-6-19-13/h4-8H,3H2,1-2H3,(H,18,20). The molecule has 0 radical (unpaired) electrons. The lowest BCUT2D eigenvalue weighted by molar-refractivity contribution is -0.137. The summed E-state index contributed by atoms with van der Waals surface area (Å²) in [4.78, 5) is 8.22. The number of anilines is 1. The maximum Gasteiger partial charge on any atom is 0.416 e. The lowest BCUT2D eigenvalue weighted by Gasteiger charge is -2.13. The van der Waals surface area contributed by atoms with Crippen molar-refractivity contribution >= 4 is 5.82 Å². The van der Waals surface area contributed by atoms with Crippen LogP contribution in [0.25, 0.3) is 11.4 Å². The van der Waals surface area contributed by atoms with Crippen molar-refractivity contribution in [3.8, 4) is 17.1 Å². The minimum absolute atomic E-state index is 0.109. The number of rotatable bonds is 4. The van der Waals surface area contributed by atoms with Crippen LogP contribution in [0.1, 0.15) is 12.5 Å². The quantitative estimate of drug-likeness (QED) is 0.936. The van der Waals surface area contributed by atoms with Crippen LogP contribution in [0.3, 0.4) is 0 Å². The van der Waals surface area contributed by atoms with Crippen LogP contribution in [-0.4, -0.2) is 23.6 Å². The smallest absolute Gasteiger partial charge is 0.416 e. The molecule has 2 rings (SSSR count). The summed E-state index contributed by atoms with van der Waals surface area (Å²) < 4.78 is 44.1. The lowest BCUT2D eigenvalue weighted by Crippen LogP contribution is -2.09. The first-order valence-electron chi connectivity index (χ1n) is 6.28. The van der Waals surface area contributed by atoms with Gasteiger partial charge in [0, 0.05) is 12.7 Å². The summed E-state index contributed by atoms with van der Waals surface area (Å²) in [7, 11) is 1.43. The highest BCUT2D eigenvalue weighted by molar-refractivity contribution is 5.65. The first-order chi connectivity index (χ1) is 9.95. The van der Waals surface area contributed by atoms with Gasteiger partial charge in [0.25, 0.3) is 0 Å². The van der Waals surface area contributed by atoms with Crippen LogP contribution >= 0.6 is 0 Å². The Labute approximate surface area is 120 Å². The molecule has 0 amide bonds. The van der Waals surface area contributed by atoms with Gasteiger partial charge in [0.15, 0.2) is 0 Å². The zero-order chi connectivity index (χ0) is 15.5. The molecule has 112 valence electrons. The number of nitrogens with one attached hydrogen (secondary N) is 1. The minimum atomic E-state index is -4.45. The fraction of sp³-hybridized carbons (Fsp3) is 0.286. The van der Waals surface area contributed by atoms with E-state index in [9.17, 15) is 13.2 Å². The Hall–Kier alpha value is -2.31. The van der Waals surface area contributed by atoms with Crippen molar-refractivity contribution in [1.82, 2.24) is 9.97 Å². The molecular weight excluding hydrogens is 283 g/mol. The molecule has 1 N–H and O–H groups in total. The molecule has 0 atom stereocenters. The SMILES string of the molecule is CCNc1cc(C(F)(F)F)cc(-c2ncccc2OC)n1. The van der Waals surface area contributed by atoms with Gasteiger partial charge < -0.3 is 10.1 Å². The van der Waals surface area contributed by atoms with E-state index in [0.717, 1.165) is 12.1 Å². The number of halogens is 3. The molecule has 2 aromatic heterocycles. The second kappa shape index (κ2) is 5.99. The molecule has 0 fully saturated rings. The molecule has 21 heavy (non-hydrogen) atoms. The number of ether oxygens (including phenoxy) is 1. The third kappa shape index (κ3) is 3.42. The predicted octanol–water partition coefficient (Wildman–Crippen LogP) is 3.60. The number of nitrogens with zero attached hydrogens (tertiary/aromatic N) is 2. The summed E-state index contributed by atoms with van der Waals surface area (Å²) in [5.74, 6) is 0.516. The van der Waals surface area contributed by atoms with Gasteiger partial charge in [0.05, 0.1) is 18.4 Å². The van der Waals surface area contributed by atoms with E-state index in [1.54, 1.807) is 19.1 Å². The summed E-state index contributed by atoms with van der Waals surface area (Å²) >= 11 is 0. The summed E-state index contributed by atoms with van der Waals surface area (Å²) in [5.41, 5.74) is -0.403. The van der Waals surface area contributed by atoms with E-state index in [2.05, 4.69) is 15.3 Å². The van der Waals surface area contributed by atoms with Crippen molar-refractivity contribution in [2.75, 3.05) is 19.0 Å². The van der Waals surface area contributed by atoms with E-state index in [0.29, 0.717) is 12.3 Å². The summed E-state index contributed by atoms with van der Waals surface area (Å²) in [6.45, 7) is 2.25. The number of pyridine rings is 2. The zero-order valence-corrected chi connectivity index (χ0v) is 11.5. The average Bonchev–Trinajstić information content (AvgIpc) is 2.46. The number of aromatic nitrogens is 2. The van der Waals surface area contributed by atoms with Gasteiger partial charge in [-0.05, 0) is 31.2 Å². The van der Waals surface area contributed by atoms with Crippen molar-refractivity contribution in [2.45, 2.75) is 13.1 Å². The van der Waals surface area contributed by atoms with Crippen LogP contribution in [0.2, 0.25) is 0 Å². The Bertz CT molecular complexity index is 629. The van der Waals surface area contributed by atoms with Crippen molar-refractivity contribution in [2.24, 2.45) is 0 Å². The predicted molar refractivity (Wildman–Crippen MR) is 73.2 cm³/mol. The Morgan fingerprint density at radius 3 is 2.67 bits per heavy atom. The van der Waals surface area contributed by atoms with Crippen molar-refractivity contribution < 1.29 is 17.9 Å². The van der Waals surface area contributed by atoms with Gasteiger partial charge >= 0.3 is 6.18 Å². The molecule has 0 saturated heterocycles. The highest BCUT2D eigenvalue weighted by Crippen LogP contribution is 2.34. The van der Waals surface area contributed by atoms with Gasteiger partial charge in [-0.2, -0.15) is 13.2 Å². The molecule has 2 aromatic rings. The van der Waals surface area contributed by atoms with Crippen LogP contribution < -0.4 is 10.1 Å². The molecule has 0 unspecified atom stereocenters. The molecule has 0 aliphatic carbocycles. The number of alkyl halides is 3. The van der Waals surface area contributed by atoms with Gasteiger partial charge in [-0.3, -0.25) is 4.98 Å².